The van der Waals surface area contributed by atoms with Gasteiger partial charge < -0.3 is 5.11 Å². The first-order chi connectivity index (χ1) is 8.76. The van der Waals surface area contributed by atoms with Gasteiger partial charge in [-0.3, -0.25) is 9.36 Å². The third-order valence-electron chi connectivity index (χ3n) is 2.89. The quantitative estimate of drug-likeness (QED) is 0.850. The van der Waals surface area contributed by atoms with Crippen LogP contribution in [0.15, 0.2) is 24.7 Å². The second-order valence-corrected chi connectivity index (χ2v) is 4.42. The van der Waals surface area contributed by atoms with Crippen molar-refractivity contribution < 1.29 is 5.11 Å². The standard InChI is InChI=1S/C13H20N4O/c1-3-7-16-10-11(9-15-16)13(18)12-5-6-14-17(12)8-4-2/h5-6,9-10,13,18H,3-4,7-8H2,1-2H3. The Labute approximate surface area is 107 Å². The number of hydrogen-bond donors (Lipinski definition) is 1. The lowest BCUT2D eigenvalue weighted by Crippen LogP contribution is -2.09. The Hall–Kier alpha value is -1.62. The van der Waals surface area contributed by atoms with Crippen LogP contribution in [0, 0.1) is 0 Å². The fraction of sp³-hybridized carbons (Fsp3) is 0.538. The summed E-state index contributed by atoms with van der Waals surface area (Å²) in [6.45, 7) is 5.90. The summed E-state index contributed by atoms with van der Waals surface area (Å²) in [5.41, 5.74) is 1.65. The Morgan fingerprint density at radius 2 is 2.00 bits per heavy atom. The molecule has 5 nitrogen and oxygen atoms in total. The molecule has 0 aromatic carbocycles. The summed E-state index contributed by atoms with van der Waals surface area (Å²) in [6, 6.07) is 1.86. The largest absolute Gasteiger partial charge is 0.382 e. The molecular weight excluding hydrogens is 228 g/mol. The molecule has 2 aromatic heterocycles. The first kappa shape index (κ1) is 12.8. The first-order valence-corrected chi connectivity index (χ1v) is 6.48. The topological polar surface area (TPSA) is 55.9 Å². The highest BCUT2D eigenvalue weighted by Gasteiger charge is 2.16. The molecule has 2 rings (SSSR count). The van der Waals surface area contributed by atoms with Gasteiger partial charge in [-0.25, -0.2) is 0 Å². The van der Waals surface area contributed by atoms with Gasteiger partial charge in [-0.15, -0.1) is 0 Å². The molecule has 1 N–H and O–H groups in total. The summed E-state index contributed by atoms with van der Waals surface area (Å²) >= 11 is 0. The molecule has 0 fully saturated rings. The zero-order valence-corrected chi connectivity index (χ0v) is 11.0. The van der Waals surface area contributed by atoms with Crippen molar-refractivity contribution in [2.75, 3.05) is 0 Å². The molecule has 0 bridgehead atoms. The monoisotopic (exact) mass is 248 g/mol. The lowest BCUT2D eigenvalue weighted by molar-refractivity contribution is 0.207. The second kappa shape index (κ2) is 5.82. The number of rotatable bonds is 6. The van der Waals surface area contributed by atoms with Gasteiger partial charge >= 0.3 is 0 Å². The van der Waals surface area contributed by atoms with Crippen LogP contribution >= 0.6 is 0 Å². The number of hydrogen-bond acceptors (Lipinski definition) is 3. The van der Waals surface area contributed by atoms with Crippen molar-refractivity contribution in [3.05, 3.63) is 35.9 Å². The molecule has 0 saturated carbocycles. The molecule has 0 aliphatic rings. The minimum atomic E-state index is -0.648. The summed E-state index contributed by atoms with van der Waals surface area (Å²) < 4.78 is 3.71. The fourth-order valence-electron chi connectivity index (χ4n) is 2.02. The van der Waals surface area contributed by atoms with Crippen molar-refractivity contribution in [2.45, 2.75) is 45.9 Å². The van der Waals surface area contributed by atoms with E-state index in [1.165, 1.54) is 0 Å². The average molecular weight is 248 g/mol. The van der Waals surface area contributed by atoms with Gasteiger partial charge in [0.2, 0.25) is 0 Å². The van der Waals surface area contributed by atoms with Crippen LogP contribution in [0.4, 0.5) is 0 Å². The normalized spacial score (nSPS) is 12.8. The average Bonchev–Trinajstić information content (AvgIpc) is 2.98. The van der Waals surface area contributed by atoms with E-state index in [1.807, 2.05) is 21.6 Å². The molecule has 1 unspecified atom stereocenters. The van der Waals surface area contributed by atoms with Crippen LogP contribution in [0.5, 0.6) is 0 Å². The zero-order chi connectivity index (χ0) is 13.0. The van der Waals surface area contributed by atoms with E-state index in [4.69, 9.17) is 0 Å². The van der Waals surface area contributed by atoms with Crippen molar-refractivity contribution in [3.63, 3.8) is 0 Å². The van der Waals surface area contributed by atoms with Crippen LogP contribution in [-0.2, 0) is 13.1 Å². The fourth-order valence-corrected chi connectivity index (χ4v) is 2.02. The van der Waals surface area contributed by atoms with E-state index in [-0.39, 0.29) is 0 Å². The van der Waals surface area contributed by atoms with E-state index >= 15 is 0 Å². The van der Waals surface area contributed by atoms with Crippen LogP contribution < -0.4 is 0 Å². The highest BCUT2D eigenvalue weighted by atomic mass is 16.3. The molecule has 5 heteroatoms. The second-order valence-electron chi connectivity index (χ2n) is 4.42. The van der Waals surface area contributed by atoms with Crippen molar-refractivity contribution in [1.29, 1.82) is 0 Å². The highest BCUT2D eigenvalue weighted by Crippen LogP contribution is 2.21. The lowest BCUT2D eigenvalue weighted by Gasteiger charge is -2.11. The van der Waals surface area contributed by atoms with E-state index in [0.717, 1.165) is 37.2 Å². The number of aryl methyl sites for hydroxylation is 2. The SMILES string of the molecule is CCCn1cc(C(O)c2ccnn2CCC)cn1. The molecule has 98 valence electrons. The van der Waals surface area contributed by atoms with Crippen LogP contribution in [0.2, 0.25) is 0 Å². The van der Waals surface area contributed by atoms with E-state index in [1.54, 1.807) is 12.4 Å². The van der Waals surface area contributed by atoms with Crippen molar-refractivity contribution in [2.24, 2.45) is 0 Å². The van der Waals surface area contributed by atoms with E-state index < -0.39 is 6.10 Å². The van der Waals surface area contributed by atoms with Crippen molar-refractivity contribution in [3.8, 4) is 0 Å². The number of aliphatic hydroxyl groups is 1. The molecule has 0 radical (unpaired) electrons. The molecule has 0 amide bonds. The van der Waals surface area contributed by atoms with Gasteiger partial charge in [-0.05, 0) is 18.9 Å². The summed E-state index contributed by atoms with van der Waals surface area (Å²) in [6.07, 6.45) is 6.73. The van der Waals surface area contributed by atoms with Crippen LogP contribution in [0.25, 0.3) is 0 Å². The molecule has 1 atom stereocenters. The predicted octanol–water partition coefficient (Wildman–Crippen LogP) is 1.98. The van der Waals surface area contributed by atoms with Crippen molar-refractivity contribution >= 4 is 0 Å². The minimum Gasteiger partial charge on any atom is -0.382 e. The Balaban J connectivity index is 2.18. The lowest BCUT2D eigenvalue weighted by atomic mass is 10.1. The van der Waals surface area contributed by atoms with E-state index in [9.17, 15) is 5.11 Å². The van der Waals surface area contributed by atoms with Gasteiger partial charge in [0.25, 0.3) is 0 Å². The van der Waals surface area contributed by atoms with Gasteiger partial charge in [0, 0.05) is 31.0 Å². The van der Waals surface area contributed by atoms with E-state index in [2.05, 4.69) is 24.0 Å². The summed E-state index contributed by atoms with van der Waals surface area (Å²) in [7, 11) is 0. The maximum Gasteiger partial charge on any atom is 0.124 e. The van der Waals surface area contributed by atoms with Crippen LogP contribution in [-0.4, -0.2) is 24.7 Å². The van der Waals surface area contributed by atoms with Gasteiger partial charge in [0.05, 0.1) is 11.9 Å². The number of nitrogens with zero attached hydrogens (tertiary/aromatic N) is 4. The Kier molecular flexibility index (Phi) is 4.15. The minimum absolute atomic E-state index is 0.648. The van der Waals surface area contributed by atoms with Crippen LogP contribution in [0.1, 0.15) is 44.1 Å². The predicted molar refractivity (Wildman–Crippen MR) is 69.1 cm³/mol. The van der Waals surface area contributed by atoms with Gasteiger partial charge in [-0.1, -0.05) is 13.8 Å². The molecule has 0 spiro atoms. The number of aliphatic hydroxyl groups excluding tert-OH is 1. The molecule has 2 heterocycles. The third-order valence-corrected chi connectivity index (χ3v) is 2.89. The zero-order valence-electron chi connectivity index (χ0n) is 11.0. The van der Waals surface area contributed by atoms with Gasteiger partial charge in [0.15, 0.2) is 0 Å². The van der Waals surface area contributed by atoms with Gasteiger partial charge in [-0.2, -0.15) is 10.2 Å². The van der Waals surface area contributed by atoms with E-state index in [0.29, 0.717) is 0 Å². The maximum atomic E-state index is 10.4. The first-order valence-electron chi connectivity index (χ1n) is 6.48. The van der Waals surface area contributed by atoms with Crippen molar-refractivity contribution in [1.82, 2.24) is 19.6 Å². The highest BCUT2D eigenvalue weighted by molar-refractivity contribution is 5.20. The summed E-state index contributed by atoms with van der Waals surface area (Å²) in [5.74, 6) is 0. The third kappa shape index (κ3) is 2.61. The molecule has 0 aliphatic carbocycles. The Morgan fingerprint density at radius 1 is 1.22 bits per heavy atom. The van der Waals surface area contributed by atoms with Gasteiger partial charge in [0.1, 0.15) is 6.10 Å². The molecule has 0 aliphatic heterocycles. The smallest absolute Gasteiger partial charge is 0.124 e. The Morgan fingerprint density at radius 3 is 2.72 bits per heavy atom. The molecular formula is C13H20N4O. The molecule has 2 aromatic rings. The number of aromatic nitrogens is 4. The summed E-state index contributed by atoms with van der Waals surface area (Å²) in [4.78, 5) is 0. The molecule has 18 heavy (non-hydrogen) atoms. The maximum absolute atomic E-state index is 10.4. The van der Waals surface area contributed by atoms with Crippen LogP contribution in [0.3, 0.4) is 0 Å². The summed E-state index contributed by atoms with van der Waals surface area (Å²) in [5, 5.41) is 18.8. The molecule has 0 saturated heterocycles. The Bertz CT molecular complexity index is 489.